The highest BCUT2D eigenvalue weighted by atomic mass is 15.0. The highest BCUT2D eigenvalue weighted by molar-refractivity contribution is 5.81. The molecule has 1 aromatic heterocycles. The van der Waals surface area contributed by atoms with Crippen LogP contribution in [0, 0.1) is 6.92 Å². The van der Waals surface area contributed by atoms with Crippen LogP contribution in [0.4, 0.5) is 5.82 Å². The van der Waals surface area contributed by atoms with Gasteiger partial charge in [-0.25, -0.2) is 4.98 Å². The molecule has 2 atom stereocenters. The van der Waals surface area contributed by atoms with Gasteiger partial charge in [0, 0.05) is 17.5 Å². The zero-order valence-electron chi connectivity index (χ0n) is 10.7. The summed E-state index contributed by atoms with van der Waals surface area (Å²) in [4.78, 5) is 4.71. The standard InChI is InChI=1S/C15H19N3/c1-10-9-11-5-2-3-7-13(11)17-15(10)18-14-8-4-6-12(14)16/h2-3,5,7,9,12,14H,4,6,8,16H2,1H3,(H,17,18). The summed E-state index contributed by atoms with van der Waals surface area (Å²) in [6, 6.07) is 11.0. The zero-order valence-corrected chi connectivity index (χ0v) is 10.7. The molecule has 0 bridgehead atoms. The highest BCUT2D eigenvalue weighted by Crippen LogP contribution is 2.24. The molecule has 2 aromatic rings. The fourth-order valence-corrected chi connectivity index (χ4v) is 2.71. The van der Waals surface area contributed by atoms with Crippen LogP contribution < -0.4 is 11.1 Å². The van der Waals surface area contributed by atoms with Gasteiger partial charge < -0.3 is 11.1 Å². The van der Waals surface area contributed by atoms with Gasteiger partial charge in [0.15, 0.2) is 0 Å². The molecule has 1 heterocycles. The van der Waals surface area contributed by atoms with Crippen molar-refractivity contribution in [1.82, 2.24) is 4.98 Å². The predicted molar refractivity (Wildman–Crippen MR) is 75.7 cm³/mol. The second-order valence-corrected chi connectivity index (χ2v) is 5.19. The van der Waals surface area contributed by atoms with Crippen molar-refractivity contribution < 1.29 is 0 Å². The minimum atomic E-state index is 0.262. The lowest BCUT2D eigenvalue weighted by molar-refractivity contribution is 0.635. The number of nitrogens with one attached hydrogen (secondary N) is 1. The largest absolute Gasteiger partial charge is 0.366 e. The average Bonchev–Trinajstić information content (AvgIpc) is 2.76. The lowest BCUT2D eigenvalue weighted by Crippen LogP contribution is -2.35. The summed E-state index contributed by atoms with van der Waals surface area (Å²) in [7, 11) is 0. The van der Waals surface area contributed by atoms with Gasteiger partial charge in [0.2, 0.25) is 0 Å². The first-order valence-corrected chi connectivity index (χ1v) is 6.62. The SMILES string of the molecule is Cc1cc2ccccc2nc1NC1CCCC1N. The average molecular weight is 241 g/mol. The number of para-hydroxylation sites is 1. The van der Waals surface area contributed by atoms with Crippen LogP contribution in [-0.2, 0) is 0 Å². The number of nitrogens with two attached hydrogens (primary N) is 1. The number of pyridine rings is 1. The number of anilines is 1. The summed E-state index contributed by atoms with van der Waals surface area (Å²) in [5, 5.41) is 4.71. The first kappa shape index (κ1) is 11.5. The zero-order chi connectivity index (χ0) is 12.5. The first-order chi connectivity index (χ1) is 8.74. The summed E-state index contributed by atoms with van der Waals surface area (Å²) in [5.41, 5.74) is 8.33. The van der Waals surface area contributed by atoms with E-state index in [9.17, 15) is 0 Å². The Kier molecular flexibility index (Phi) is 2.92. The molecule has 2 unspecified atom stereocenters. The normalized spacial score (nSPS) is 23.4. The Hall–Kier alpha value is -1.61. The van der Waals surface area contributed by atoms with Gasteiger partial charge in [-0.3, -0.25) is 0 Å². The smallest absolute Gasteiger partial charge is 0.129 e. The minimum absolute atomic E-state index is 0.262. The molecular formula is C15H19N3. The molecule has 3 nitrogen and oxygen atoms in total. The predicted octanol–water partition coefficient (Wildman–Crippen LogP) is 2.83. The molecule has 18 heavy (non-hydrogen) atoms. The molecule has 0 amide bonds. The van der Waals surface area contributed by atoms with Gasteiger partial charge in [-0.15, -0.1) is 0 Å². The Labute approximate surface area is 107 Å². The summed E-state index contributed by atoms with van der Waals surface area (Å²) >= 11 is 0. The molecule has 1 aliphatic rings. The maximum absolute atomic E-state index is 6.10. The molecule has 1 aromatic carbocycles. The van der Waals surface area contributed by atoms with Crippen LogP contribution in [0.1, 0.15) is 24.8 Å². The molecule has 0 saturated heterocycles. The van der Waals surface area contributed by atoms with Crippen molar-refractivity contribution in [3.8, 4) is 0 Å². The van der Waals surface area contributed by atoms with E-state index in [-0.39, 0.29) is 6.04 Å². The van der Waals surface area contributed by atoms with E-state index in [0.29, 0.717) is 6.04 Å². The van der Waals surface area contributed by atoms with E-state index < -0.39 is 0 Å². The Morgan fingerprint density at radius 1 is 1.28 bits per heavy atom. The fourth-order valence-electron chi connectivity index (χ4n) is 2.71. The van der Waals surface area contributed by atoms with Gasteiger partial charge in [0.05, 0.1) is 5.52 Å². The van der Waals surface area contributed by atoms with Crippen molar-refractivity contribution in [1.29, 1.82) is 0 Å². The van der Waals surface area contributed by atoms with E-state index in [4.69, 9.17) is 10.7 Å². The van der Waals surface area contributed by atoms with Crippen molar-refractivity contribution in [2.75, 3.05) is 5.32 Å². The van der Waals surface area contributed by atoms with Gasteiger partial charge >= 0.3 is 0 Å². The molecular weight excluding hydrogens is 222 g/mol. The van der Waals surface area contributed by atoms with Crippen molar-refractivity contribution >= 4 is 16.7 Å². The molecule has 0 aliphatic heterocycles. The van der Waals surface area contributed by atoms with E-state index in [0.717, 1.165) is 24.2 Å². The number of aryl methyl sites for hydroxylation is 1. The van der Waals surface area contributed by atoms with Crippen molar-refractivity contribution in [3.05, 3.63) is 35.9 Å². The summed E-state index contributed by atoms with van der Waals surface area (Å²) in [5.74, 6) is 0.982. The van der Waals surface area contributed by atoms with E-state index in [1.807, 2.05) is 12.1 Å². The van der Waals surface area contributed by atoms with Gasteiger partial charge in [0.25, 0.3) is 0 Å². The molecule has 0 spiro atoms. The highest BCUT2D eigenvalue weighted by Gasteiger charge is 2.24. The van der Waals surface area contributed by atoms with Crippen LogP contribution in [0.25, 0.3) is 10.9 Å². The van der Waals surface area contributed by atoms with Crippen molar-refractivity contribution in [2.24, 2.45) is 5.73 Å². The fraction of sp³-hybridized carbons (Fsp3) is 0.400. The molecule has 94 valence electrons. The Morgan fingerprint density at radius 2 is 2.11 bits per heavy atom. The van der Waals surface area contributed by atoms with Crippen LogP contribution in [-0.4, -0.2) is 17.1 Å². The third-order valence-electron chi connectivity index (χ3n) is 3.81. The first-order valence-electron chi connectivity index (χ1n) is 6.62. The molecule has 1 aliphatic carbocycles. The number of aromatic nitrogens is 1. The molecule has 3 heteroatoms. The summed E-state index contributed by atoms with van der Waals surface area (Å²) in [6.07, 6.45) is 3.48. The van der Waals surface area contributed by atoms with Gasteiger partial charge in [0.1, 0.15) is 5.82 Å². The number of hydrogen-bond donors (Lipinski definition) is 2. The number of benzene rings is 1. The number of hydrogen-bond acceptors (Lipinski definition) is 3. The Morgan fingerprint density at radius 3 is 2.89 bits per heavy atom. The molecule has 1 fully saturated rings. The molecule has 1 saturated carbocycles. The lowest BCUT2D eigenvalue weighted by atomic mass is 10.1. The lowest BCUT2D eigenvalue weighted by Gasteiger charge is -2.19. The van der Waals surface area contributed by atoms with Gasteiger partial charge in [-0.1, -0.05) is 18.2 Å². The molecule has 0 radical (unpaired) electrons. The van der Waals surface area contributed by atoms with Crippen LogP contribution in [0.3, 0.4) is 0 Å². The van der Waals surface area contributed by atoms with E-state index >= 15 is 0 Å². The summed E-state index contributed by atoms with van der Waals surface area (Å²) < 4.78 is 0. The maximum Gasteiger partial charge on any atom is 0.129 e. The van der Waals surface area contributed by atoms with E-state index in [2.05, 4.69) is 30.4 Å². The van der Waals surface area contributed by atoms with Crippen molar-refractivity contribution in [2.45, 2.75) is 38.3 Å². The monoisotopic (exact) mass is 241 g/mol. The number of rotatable bonds is 2. The maximum atomic E-state index is 6.10. The van der Waals surface area contributed by atoms with Crippen LogP contribution in [0.5, 0.6) is 0 Å². The minimum Gasteiger partial charge on any atom is -0.366 e. The third-order valence-corrected chi connectivity index (χ3v) is 3.81. The van der Waals surface area contributed by atoms with Gasteiger partial charge in [-0.2, -0.15) is 0 Å². The van der Waals surface area contributed by atoms with E-state index in [1.54, 1.807) is 0 Å². The van der Waals surface area contributed by atoms with Crippen molar-refractivity contribution in [3.63, 3.8) is 0 Å². The topological polar surface area (TPSA) is 50.9 Å². The Balaban J connectivity index is 1.93. The van der Waals surface area contributed by atoms with Crippen LogP contribution in [0.15, 0.2) is 30.3 Å². The van der Waals surface area contributed by atoms with Crippen LogP contribution in [0.2, 0.25) is 0 Å². The molecule has 3 N–H and O–H groups in total. The Bertz CT molecular complexity index is 565. The van der Waals surface area contributed by atoms with Crippen LogP contribution >= 0.6 is 0 Å². The molecule has 3 rings (SSSR count). The summed E-state index contributed by atoms with van der Waals surface area (Å²) in [6.45, 7) is 2.10. The van der Waals surface area contributed by atoms with E-state index in [1.165, 1.54) is 17.4 Å². The van der Waals surface area contributed by atoms with Gasteiger partial charge in [-0.05, 0) is 43.9 Å². The third kappa shape index (κ3) is 2.06. The second-order valence-electron chi connectivity index (χ2n) is 5.19. The number of fused-ring (bicyclic) bond motifs is 1. The second kappa shape index (κ2) is 4.58. The quantitative estimate of drug-likeness (QED) is 0.850. The number of nitrogens with zero attached hydrogens (tertiary/aromatic N) is 1.